The van der Waals surface area contributed by atoms with E-state index in [4.69, 9.17) is 5.73 Å². The van der Waals surface area contributed by atoms with E-state index >= 15 is 0 Å². The molecule has 136 valence electrons. The van der Waals surface area contributed by atoms with Crippen LogP contribution < -0.4 is 16.0 Å². The van der Waals surface area contributed by atoms with Gasteiger partial charge in [0.05, 0.1) is 21.2 Å². The molecule has 1 saturated heterocycles. The van der Waals surface area contributed by atoms with Gasteiger partial charge in [-0.05, 0) is 41.6 Å². The van der Waals surface area contributed by atoms with Gasteiger partial charge in [-0.3, -0.25) is 4.79 Å². The minimum atomic E-state index is 0. The second-order valence-corrected chi connectivity index (χ2v) is 7.70. The topological polar surface area (TPSA) is 87.0 Å². The van der Waals surface area contributed by atoms with E-state index in [9.17, 15) is 4.79 Å². The lowest BCUT2D eigenvalue weighted by atomic mass is 9.85. The summed E-state index contributed by atoms with van der Waals surface area (Å²) in [6.07, 6.45) is 8.91. The molecule has 4 N–H and O–H groups in total. The van der Waals surface area contributed by atoms with Gasteiger partial charge in [0.1, 0.15) is 5.65 Å². The molecule has 2 aliphatic rings. The number of hydrogen-bond donors (Lipinski definition) is 3. The number of carbonyl (C=O) groups is 1. The molecule has 1 aliphatic carbocycles. The van der Waals surface area contributed by atoms with Crippen LogP contribution in [-0.2, 0) is 4.79 Å². The third-order valence-corrected chi connectivity index (χ3v) is 5.72. The number of aromatic nitrogens is 2. The molecule has 2 aromatic rings. The van der Waals surface area contributed by atoms with Crippen LogP contribution in [0.4, 0.5) is 11.4 Å². The van der Waals surface area contributed by atoms with E-state index in [0.29, 0.717) is 0 Å². The van der Waals surface area contributed by atoms with Gasteiger partial charge in [0.2, 0.25) is 5.91 Å². The number of piperidine rings is 1. The summed E-state index contributed by atoms with van der Waals surface area (Å²) in [6, 6.07) is 0.181. The van der Waals surface area contributed by atoms with Crippen molar-refractivity contribution in [1.29, 1.82) is 0 Å². The number of nitrogens with two attached hydrogens (primary N) is 1. The minimum Gasteiger partial charge on any atom is -0.368 e. The molecule has 2 aromatic heterocycles. The number of fused-ring (bicyclic) bond motifs is 1. The number of hydrogen-bond acceptors (Lipinski definition) is 4. The Morgan fingerprint density at radius 2 is 2.16 bits per heavy atom. The molecule has 0 radical (unpaired) electrons. The van der Waals surface area contributed by atoms with E-state index in [-0.39, 0.29) is 30.3 Å². The first-order chi connectivity index (χ1) is 11.6. The normalized spacial score (nSPS) is 20.9. The van der Waals surface area contributed by atoms with Crippen LogP contribution in [0.5, 0.6) is 0 Å². The van der Waals surface area contributed by atoms with Crippen molar-refractivity contribution in [3.8, 4) is 0 Å². The van der Waals surface area contributed by atoms with Crippen LogP contribution in [0.3, 0.4) is 0 Å². The molecule has 8 heteroatoms. The van der Waals surface area contributed by atoms with Crippen LogP contribution in [0.2, 0.25) is 0 Å². The fraction of sp³-hybridized carbons (Fsp3) is 0.529. The molecule has 0 aromatic carbocycles. The van der Waals surface area contributed by atoms with Gasteiger partial charge >= 0.3 is 0 Å². The Morgan fingerprint density at radius 3 is 2.84 bits per heavy atom. The van der Waals surface area contributed by atoms with Crippen LogP contribution in [0.1, 0.15) is 32.1 Å². The van der Waals surface area contributed by atoms with Gasteiger partial charge < -0.3 is 20.9 Å². The zero-order valence-electron chi connectivity index (χ0n) is 13.9. The number of nitrogens with zero attached hydrogens (tertiary/aromatic N) is 2. The molecule has 1 unspecified atom stereocenters. The molecular formula is C17H23BrClN5O. The van der Waals surface area contributed by atoms with Crippen molar-refractivity contribution in [2.45, 2.75) is 38.1 Å². The summed E-state index contributed by atoms with van der Waals surface area (Å²) in [5, 5.41) is 4.06. The molecule has 25 heavy (non-hydrogen) atoms. The smallest absolute Gasteiger partial charge is 0.227 e. The third kappa shape index (κ3) is 3.50. The predicted octanol–water partition coefficient (Wildman–Crippen LogP) is 3.41. The number of nitrogens with one attached hydrogen (secondary N) is 2. The third-order valence-electron chi connectivity index (χ3n) is 5.14. The highest BCUT2D eigenvalue weighted by molar-refractivity contribution is 9.10. The number of halogens is 2. The summed E-state index contributed by atoms with van der Waals surface area (Å²) in [6.45, 7) is 1.78. The monoisotopic (exact) mass is 427 g/mol. The fourth-order valence-electron chi connectivity index (χ4n) is 3.58. The van der Waals surface area contributed by atoms with E-state index in [1.165, 1.54) is 0 Å². The van der Waals surface area contributed by atoms with Crippen molar-refractivity contribution in [3.63, 3.8) is 0 Å². The molecule has 0 spiro atoms. The maximum Gasteiger partial charge on any atom is 0.227 e. The SMILES string of the molecule is Cl.NC1CCCN(c2c(Br)cnc3[nH]cc(NC(=O)C4CCC4)c23)C1. The van der Waals surface area contributed by atoms with Crippen molar-refractivity contribution >= 4 is 56.7 Å². The van der Waals surface area contributed by atoms with Gasteiger partial charge in [-0.15, -0.1) is 12.4 Å². The van der Waals surface area contributed by atoms with Gasteiger partial charge in [0, 0.05) is 37.4 Å². The number of carbonyl (C=O) groups excluding carboxylic acids is 1. The highest BCUT2D eigenvalue weighted by Crippen LogP contribution is 2.39. The second-order valence-electron chi connectivity index (χ2n) is 6.85. The van der Waals surface area contributed by atoms with Crippen molar-refractivity contribution in [2.24, 2.45) is 11.7 Å². The lowest BCUT2D eigenvalue weighted by molar-refractivity contribution is -0.122. The highest BCUT2D eigenvalue weighted by Gasteiger charge is 2.27. The maximum atomic E-state index is 12.4. The van der Waals surface area contributed by atoms with Crippen molar-refractivity contribution in [1.82, 2.24) is 9.97 Å². The summed E-state index contributed by atoms with van der Waals surface area (Å²) >= 11 is 3.64. The number of aromatic amines is 1. The van der Waals surface area contributed by atoms with Gasteiger partial charge in [0.15, 0.2) is 0 Å². The standard InChI is InChI=1S/C17H22BrN5O.ClH/c18-12-7-20-16-14(15(12)23-6-2-5-11(19)9-23)13(8-21-16)22-17(24)10-3-1-4-10;/h7-8,10-11H,1-6,9,19H2,(H,20,21)(H,22,24);1H. The predicted molar refractivity (Wildman–Crippen MR) is 106 cm³/mol. The van der Waals surface area contributed by atoms with Crippen LogP contribution >= 0.6 is 28.3 Å². The van der Waals surface area contributed by atoms with Crippen LogP contribution in [0, 0.1) is 5.92 Å². The summed E-state index contributed by atoms with van der Waals surface area (Å²) in [5.74, 6) is 0.269. The molecule has 4 rings (SSSR count). The first-order valence-corrected chi connectivity index (χ1v) is 9.39. The Balaban J connectivity index is 0.00000182. The van der Waals surface area contributed by atoms with E-state index in [0.717, 1.165) is 72.1 Å². The molecular weight excluding hydrogens is 406 g/mol. The number of rotatable bonds is 3. The highest BCUT2D eigenvalue weighted by atomic mass is 79.9. The number of amides is 1. The first kappa shape index (κ1) is 18.5. The van der Waals surface area contributed by atoms with Crippen molar-refractivity contribution in [2.75, 3.05) is 23.3 Å². The quantitative estimate of drug-likeness (QED) is 0.699. The van der Waals surface area contributed by atoms with E-state index in [1.54, 1.807) is 0 Å². The second kappa shape index (κ2) is 7.51. The first-order valence-electron chi connectivity index (χ1n) is 8.60. The van der Waals surface area contributed by atoms with Gasteiger partial charge in [-0.25, -0.2) is 4.98 Å². The summed E-state index contributed by atoms with van der Waals surface area (Å²) in [5.41, 5.74) is 8.83. The maximum absolute atomic E-state index is 12.4. The van der Waals surface area contributed by atoms with Crippen molar-refractivity contribution in [3.05, 3.63) is 16.9 Å². The summed E-state index contributed by atoms with van der Waals surface area (Å²) < 4.78 is 0.933. The lowest BCUT2D eigenvalue weighted by Crippen LogP contribution is -2.43. The van der Waals surface area contributed by atoms with Gasteiger partial charge in [-0.2, -0.15) is 0 Å². The Bertz CT molecular complexity index is 776. The lowest BCUT2D eigenvalue weighted by Gasteiger charge is -2.34. The molecule has 1 aliphatic heterocycles. The number of H-pyrrole nitrogens is 1. The van der Waals surface area contributed by atoms with Crippen LogP contribution in [-0.4, -0.2) is 35.0 Å². The Hall–Kier alpha value is -1.31. The molecule has 1 amide bonds. The van der Waals surface area contributed by atoms with E-state index < -0.39 is 0 Å². The Kier molecular flexibility index (Phi) is 5.55. The number of pyridine rings is 1. The van der Waals surface area contributed by atoms with Gasteiger partial charge in [-0.1, -0.05) is 6.42 Å². The summed E-state index contributed by atoms with van der Waals surface area (Å²) in [7, 11) is 0. The minimum absolute atomic E-state index is 0. The summed E-state index contributed by atoms with van der Waals surface area (Å²) in [4.78, 5) is 22.3. The molecule has 6 nitrogen and oxygen atoms in total. The fourth-order valence-corrected chi connectivity index (χ4v) is 4.13. The molecule has 1 saturated carbocycles. The molecule has 1 atom stereocenters. The zero-order valence-corrected chi connectivity index (χ0v) is 16.3. The largest absolute Gasteiger partial charge is 0.368 e. The molecule has 2 fully saturated rings. The average Bonchev–Trinajstić information content (AvgIpc) is 2.88. The van der Waals surface area contributed by atoms with Crippen LogP contribution in [0.25, 0.3) is 11.0 Å². The average molecular weight is 429 g/mol. The van der Waals surface area contributed by atoms with E-state index in [1.807, 2.05) is 12.4 Å². The van der Waals surface area contributed by atoms with Crippen LogP contribution in [0.15, 0.2) is 16.9 Å². The van der Waals surface area contributed by atoms with E-state index in [2.05, 4.69) is 36.1 Å². The zero-order chi connectivity index (χ0) is 16.7. The molecule has 3 heterocycles. The van der Waals surface area contributed by atoms with Gasteiger partial charge in [0.25, 0.3) is 0 Å². The Morgan fingerprint density at radius 1 is 1.36 bits per heavy atom. The van der Waals surface area contributed by atoms with Crippen molar-refractivity contribution < 1.29 is 4.79 Å². The Labute approximate surface area is 161 Å². The number of anilines is 2. The molecule has 0 bridgehead atoms.